The van der Waals surface area contributed by atoms with Gasteiger partial charge in [-0.3, -0.25) is 4.79 Å². The molecule has 0 spiro atoms. The summed E-state index contributed by atoms with van der Waals surface area (Å²) in [5, 5.41) is 0. The number of hydrogen-bond donors (Lipinski definition) is 0. The second kappa shape index (κ2) is 8.95. The topological polar surface area (TPSA) is 35.5 Å². The molecule has 0 aliphatic heterocycles. The van der Waals surface area contributed by atoms with E-state index in [2.05, 4.69) is 0 Å². The van der Waals surface area contributed by atoms with E-state index in [4.69, 9.17) is 21.7 Å². The number of carbonyl (C=O) groups is 1. The van der Waals surface area contributed by atoms with Crippen LogP contribution in [-0.2, 0) is 4.79 Å². The van der Waals surface area contributed by atoms with E-state index in [-0.39, 0.29) is 23.9 Å². The summed E-state index contributed by atoms with van der Waals surface area (Å²) in [6.45, 7) is 9.90. The molecule has 0 amide bonds. The maximum absolute atomic E-state index is 12.5. The first-order valence-corrected chi connectivity index (χ1v) is 9.28. The molecule has 1 aliphatic rings. The normalized spacial score (nSPS) is 14.7. The summed E-state index contributed by atoms with van der Waals surface area (Å²) in [5.41, 5.74) is 1.80. The molecule has 0 heterocycles. The quantitative estimate of drug-likeness (QED) is 0.484. The van der Waals surface area contributed by atoms with Gasteiger partial charge in [-0.15, -0.1) is 0 Å². The Hall–Kier alpha value is -2.20. The molecule has 0 atom stereocenters. The molecule has 26 heavy (non-hydrogen) atoms. The first-order chi connectivity index (χ1) is 12.3. The van der Waals surface area contributed by atoms with Gasteiger partial charge < -0.3 is 9.47 Å². The van der Waals surface area contributed by atoms with E-state index in [1.54, 1.807) is 24.3 Å². The molecule has 0 aromatic heterocycles. The summed E-state index contributed by atoms with van der Waals surface area (Å²) in [5.74, 6) is 1.17. The highest BCUT2D eigenvalue weighted by molar-refractivity contribution is 7.81. The lowest BCUT2D eigenvalue weighted by Gasteiger charge is -2.20. The highest BCUT2D eigenvalue weighted by Gasteiger charge is 2.16. The van der Waals surface area contributed by atoms with Crippen LogP contribution in [0.25, 0.3) is 6.08 Å². The van der Waals surface area contributed by atoms with E-state index in [0.29, 0.717) is 5.75 Å². The predicted molar refractivity (Wildman–Crippen MR) is 111 cm³/mol. The molecule has 1 aliphatic carbocycles. The fourth-order valence-electron chi connectivity index (χ4n) is 2.58. The van der Waals surface area contributed by atoms with Crippen molar-refractivity contribution in [2.24, 2.45) is 5.92 Å². The minimum absolute atomic E-state index is 0.00694. The summed E-state index contributed by atoms with van der Waals surface area (Å²) < 4.78 is 11.9. The monoisotopic (exact) mass is 370 g/mol. The van der Waals surface area contributed by atoms with Crippen LogP contribution < -0.4 is 9.47 Å². The molecule has 3 nitrogen and oxygen atoms in total. The number of benzene rings is 1. The predicted octanol–water partition coefficient (Wildman–Crippen LogP) is 5.26. The van der Waals surface area contributed by atoms with Crippen LogP contribution in [0.4, 0.5) is 0 Å². The van der Waals surface area contributed by atoms with Gasteiger partial charge in [0.15, 0.2) is 5.78 Å². The summed E-state index contributed by atoms with van der Waals surface area (Å²) in [6, 6.07) is 3.90. The zero-order chi connectivity index (χ0) is 19.3. The van der Waals surface area contributed by atoms with Crippen LogP contribution in [0.3, 0.4) is 0 Å². The van der Waals surface area contributed by atoms with Crippen molar-refractivity contribution in [2.75, 3.05) is 0 Å². The van der Waals surface area contributed by atoms with Crippen molar-refractivity contribution in [3.05, 3.63) is 53.6 Å². The smallest absolute Gasteiger partial charge is 0.166 e. The second-order valence-electron chi connectivity index (χ2n) is 6.84. The van der Waals surface area contributed by atoms with Crippen LogP contribution in [0.5, 0.6) is 11.5 Å². The Labute approximate surface area is 161 Å². The lowest BCUT2D eigenvalue weighted by Crippen LogP contribution is -2.12. The number of carbonyl (C=O) groups excluding carboxylic acids is 1. The Kier molecular flexibility index (Phi) is 6.92. The lowest BCUT2D eigenvalue weighted by atomic mass is 9.97. The largest absolute Gasteiger partial charge is 0.490 e. The Morgan fingerprint density at radius 3 is 2.27 bits per heavy atom. The van der Waals surface area contributed by atoms with Gasteiger partial charge in [0, 0.05) is 4.86 Å². The SMILES string of the molecule is Cc1ccc(OC(C)C)c(/C=C/C(=O)C2C=CC(=S)C=C2)c1OC(C)C. The number of rotatable bonds is 7. The Balaban J connectivity index is 2.36. The average Bonchev–Trinajstić information content (AvgIpc) is 2.56. The van der Waals surface area contributed by atoms with E-state index in [9.17, 15) is 4.79 Å². The minimum Gasteiger partial charge on any atom is -0.490 e. The molecule has 0 bridgehead atoms. The van der Waals surface area contributed by atoms with Gasteiger partial charge in [-0.05, 0) is 70.6 Å². The third-order valence-electron chi connectivity index (χ3n) is 3.75. The molecule has 0 saturated carbocycles. The molecule has 1 aromatic rings. The minimum atomic E-state index is -0.285. The fourth-order valence-corrected chi connectivity index (χ4v) is 2.74. The molecule has 138 valence electrons. The van der Waals surface area contributed by atoms with Crippen molar-refractivity contribution in [3.63, 3.8) is 0 Å². The molecule has 0 radical (unpaired) electrons. The van der Waals surface area contributed by atoms with E-state index in [1.165, 1.54) is 0 Å². The standard InChI is InChI=1S/C22H26O3S/c1-14(2)24-21-13-6-16(5)22(25-15(3)4)19(21)11-12-20(23)17-7-9-18(26)10-8-17/h6-15,17H,1-5H3/b12-11+. The van der Waals surface area contributed by atoms with Crippen LogP contribution >= 0.6 is 12.2 Å². The summed E-state index contributed by atoms with van der Waals surface area (Å²) >= 11 is 5.08. The zero-order valence-corrected chi connectivity index (χ0v) is 16.8. The van der Waals surface area contributed by atoms with Crippen molar-refractivity contribution < 1.29 is 14.3 Å². The lowest BCUT2D eigenvalue weighted by molar-refractivity contribution is -0.115. The van der Waals surface area contributed by atoms with Gasteiger partial charge in [0.25, 0.3) is 0 Å². The average molecular weight is 371 g/mol. The van der Waals surface area contributed by atoms with Gasteiger partial charge in [0.2, 0.25) is 0 Å². The van der Waals surface area contributed by atoms with Crippen molar-refractivity contribution in [1.29, 1.82) is 0 Å². The second-order valence-corrected chi connectivity index (χ2v) is 7.31. The number of aryl methyl sites for hydroxylation is 1. The number of thiocarbonyl (C=S) groups is 1. The van der Waals surface area contributed by atoms with Crippen LogP contribution in [0.1, 0.15) is 38.8 Å². The number of allylic oxidation sites excluding steroid dienone is 5. The van der Waals surface area contributed by atoms with Crippen LogP contribution in [0.15, 0.2) is 42.5 Å². The summed E-state index contributed by atoms with van der Waals surface area (Å²) in [4.78, 5) is 13.2. The maximum Gasteiger partial charge on any atom is 0.166 e. The molecular formula is C22H26O3S. The Bertz CT molecular complexity index is 754. The van der Waals surface area contributed by atoms with E-state index < -0.39 is 0 Å². The van der Waals surface area contributed by atoms with Gasteiger partial charge in [0.05, 0.1) is 23.7 Å². The first kappa shape index (κ1) is 20.1. The van der Waals surface area contributed by atoms with E-state index >= 15 is 0 Å². The molecule has 0 unspecified atom stereocenters. The van der Waals surface area contributed by atoms with Crippen LogP contribution in [0.2, 0.25) is 0 Å². The van der Waals surface area contributed by atoms with Crippen LogP contribution in [0, 0.1) is 12.8 Å². The van der Waals surface area contributed by atoms with Crippen molar-refractivity contribution in [2.45, 2.75) is 46.8 Å². The van der Waals surface area contributed by atoms with E-state index in [0.717, 1.165) is 21.7 Å². The maximum atomic E-state index is 12.5. The third kappa shape index (κ3) is 5.40. The first-order valence-electron chi connectivity index (χ1n) is 8.87. The molecular weight excluding hydrogens is 344 g/mol. The Morgan fingerprint density at radius 2 is 1.69 bits per heavy atom. The van der Waals surface area contributed by atoms with Crippen molar-refractivity contribution >= 4 is 28.9 Å². The van der Waals surface area contributed by atoms with Crippen LogP contribution in [-0.4, -0.2) is 22.9 Å². The molecule has 1 aromatic carbocycles. The number of hydrogen-bond acceptors (Lipinski definition) is 4. The number of ketones is 1. The summed E-state index contributed by atoms with van der Waals surface area (Å²) in [6.07, 6.45) is 10.7. The molecule has 2 rings (SSSR count). The molecule has 4 heteroatoms. The van der Waals surface area contributed by atoms with Crippen molar-refractivity contribution in [3.8, 4) is 11.5 Å². The van der Waals surface area contributed by atoms with Crippen molar-refractivity contribution in [1.82, 2.24) is 0 Å². The highest BCUT2D eigenvalue weighted by atomic mass is 32.1. The number of ether oxygens (including phenoxy) is 2. The molecule has 0 N–H and O–H groups in total. The van der Waals surface area contributed by atoms with Gasteiger partial charge in [-0.1, -0.05) is 30.4 Å². The van der Waals surface area contributed by atoms with Gasteiger partial charge in [-0.25, -0.2) is 0 Å². The molecule has 0 fully saturated rings. The highest BCUT2D eigenvalue weighted by Crippen LogP contribution is 2.35. The summed E-state index contributed by atoms with van der Waals surface area (Å²) in [7, 11) is 0. The van der Waals surface area contributed by atoms with E-state index in [1.807, 2.05) is 58.9 Å². The zero-order valence-electron chi connectivity index (χ0n) is 16.0. The third-order valence-corrected chi connectivity index (χ3v) is 4.02. The van der Waals surface area contributed by atoms with Gasteiger partial charge in [0.1, 0.15) is 11.5 Å². The van der Waals surface area contributed by atoms with Gasteiger partial charge in [-0.2, -0.15) is 0 Å². The fraction of sp³-hybridized carbons (Fsp3) is 0.364. The Morgan fingerprint density at radius 1 is 1.08 bits per heavy atom. The van der Waals surface area contributed by atoms with Gasteiger partial charge >= 0.3 is 0 Å². The molecule has 0 saturated heterocycles.